The summed E-state index contributed by atoms with van der Waals surface area (Å²) >= 11 is 5.84. The molecule has 2 fully saturated rings. The Bertz CT molecular complexity index is 525. The number of hydrogen-bond acceptors (Lipinski definition) is 2. The zero-order valence-corrected chi connectivity index (χ0v) is 12.0. The van der Waals surface area contributed by atoms with Crippen molar-refractivity contribution >= 4 is 29.1 Å². The van der Waals surface area contributed by atoms with Gasteiger partial charge in [-0.05, 0) is 43.0 Å². The molecule has 0 bridgehead atoms. The summed E-state index contributed by atoms with van der Waals surface area (Å²) in [5.74, 6) is -0.218. The van der Waals surface area contributed by atoms with Gasteiger partial charge >= 0.3 is 11.8 Å². The van der Waals surface area contributed by atoms with E-state index in [-0.39, 0.29) is 5.91 Å². The van der Waals surface area contributed by atoms with Gasteiger partial charge in [-0.3, -0.25) is 9.59 Å². The molecule has 2 amide bonds. The third-order valence-corrected chi connectivity index (χ3v) is 4.40. The smallest absolute Gasteiger partial charge is 0.316 e. The van der Waals surface area contributed by atoms with Crippen LogP contribution in [0.3, 0.4) is 0 Å². The lowest BCUT2D eigenvalue weighted by Gasteiger charge is -2.37. The summed E-state index contributed by atoms with van der Waals surface area (Å²) in [4.78, 5) is 27.6. The molecule has 3 rings (SSSR count). The molecule has 0 radical (unpaired) electrons. The molecule has 0 N–H and O–H groups in total. The zero-order valence-electron chi connectivity index (χ0n) is 11.2. The highest BCUT2D eigenvalue weighted by Crippen LogP contribution is 2.28. The second kappa shape index (κ2) is 5.44. The molecule has 20 heavy (non-hydrogen) atoms. The van der Waals surface area contributed by atoms with Gasteiger partial charge in [0, 0.05) is 30.3 Å². The minimum atomic E-state index is -0.433. The van der Waals surface area contributed by atoms with Crippen molar-refractivity contribution in [1.82, 2.24) is 4.90 Å². The minimum absolute atomic E-state index is 0.377. The number of halogens is 1. The normalized spacial score (nSPS) is 20.2. The molecule has 1 aromatic rings. The molecule has 1 aromatic carbocycles. The topological polar surface area (TPSA) is 40.6 Å². The zero-order chi connectivity index (χ0) is 14.1. The molecule has 4 nitrogen and oxygen atoms in total. The van der Waals surface area contributed by atoms with E-state index in [0.717, 1.165) is 12.2 Å². The van der Waals surface area contributed by atoms with Gasteiger partial charge < -0.3 is 9.80 Å². The van der Waals surface area contributed by atoms with Crippen molar-refractivity contribution in [3.63, 3.8) is 0 Å². The fourth-order valence-electron chi connectivity index (χ4n) is 2.70. The first-order chi connectivity index (χ1) is 9.65. The second-order valence-corrected chi connectivity index (χ2v) is 5.92. The summed E-state index contributed by atoms with van der Waals surface area (Å²) < 4.78 is 0. The largest absolute Gasteiger partial charge is 0.332 e. The van der Waals surface area contributed by atoms with Crippen molar-refractivity contribution in [1.29, 1.82) is 0 Å². The Hall–Kier alpha value is -1.55. The van der Waals surface area contributed by atoms with Crippen LogP contribution in [0.5, 0.6) is 0 Å². The molecule has 106 valence electrons. The molecule has 1 heterocycles. The van der Waals surface area contributed by atoms with Crippen molar-refractivity contribution in [3.05, 3.63) is 29.3 Å². The van der Waals surface area contributed by atoms with Crippen LogP contribution in [-0.2, 0) is 9.59 Å². The highest BCUT2D eigenvalue weighted by molar-refractivity contribution is 6.41. The van der Waals surface area contributed by atoms with Crippen LogP contribution < -0.4 is 4.90 Å². The Morgan fingerprint density at radius 2 is 1.75 bits per heavy atom. The molecular weight excluding hydrogens is 276 g/mol. The Labute approximate surface area is 123 Å². The molecular formula is C15H17ClN2O2. The Morgan fingerprint density at radius 3 is 2.35 bits per heavy atom. The fourth-order valence-corrected chi connectivity index (χ4v) is 2.83. The first-order valence-electron chi connectivity index (χ1n) is 7.01. The van der Waals surface area contributed by atoms with Gasteiger partial charge in [-0.15, -0.1) is 0 Å². The van der Waals surface area contributed by atoms with E-state index in [2.05, 4.69) is 0 Å². The number of piperazine rings is 1. The van der Waals surface area contributed by atoms with E-state index in [1.807, 2.05) is 0 Å². The van der Waals surface area contributed by atoms with Gasteiger partial charge in [0.2, 0.25) is 0 Å². The van der Waals surface area contributed by atoms with Gasteiger partial charge in [0.05, 0.1) is 0 Å². The van der Waals surface area contributed by atoms with Gasteiger partial charge in [0.15, 0.2) is 0 Å². The number of benzene rings is 1. The van der Waals surface area contributed by atoms with Crippen molar-refractivity contribution in [3.8, 4) is 0 Å². The van der Waals surface area contributed by atoms with E-state index < -0.39 is 5.91 Å². The van der Waals surface area contributed by atoms with E-state index in [4.69, 9.17) is 11.6 Å². The minimum Gasteiger partial charge on any atom is -0.332 e. The van der Waals surface area contributed by atoms with Crippen LogP contribution in [0.25, 0.3) is 0 Å². The van der Waals surface area contributed by atoms with E-state index in [9.17, 15) is 9.59 Å². The van der Waals surface area contributed by atoms with Crippen molar-refractivity contribution in [2.24, 2.45) is 5.92 Å². The molecule has 5 heteroatoms. The third kappa shape index (κ3) is 2.52. The molecule has 1 saturated carbocycles. The van der Waals surface area contributed by atoms with Gasteiger partial charge in [-0.2, -0.15) is 0 Å². The van der Waals surface area contributed by atoms with Crippen LogP contribution in [0.15, 0.2) is 24.3 Å². The maximum absolute atomic E-state index is 12.2. The summed E-state index contributed by atoms with van der Waals surface area (Å²) in [6.07, 6.45) is 3.61. The van der Waals surface area contributed by atoms with Crippen LogP contribution in [0.1, 0.15) is 19.3 Å². The third-order valence-electron chi connectivity index (χ3n) is 4.15. The van der Waals surface area contributed by atoms with Crippen molar-refractivity contribution < 1.29 is 9.59 Å². The Morgan fingerprint density at radius 1 is 1.05 bits per heavy atom. The van der Waals surface area contributed by atoms with E-state index in [1.54, 1.807) is 29.2 Å². The number of anilines is 1. The Kier molecular flexibility index (Phi) is 3.66. The predicted molar refractivity (Wildman–Crippen MR) is 77.7 cm³/mol. The maximum Gasteiger partial charge on any atom is 0.316 e. The monoisotopic (exact) mass is 292 g/mol. The number of rotatable bonds is 3. The summed E-state index contributed by atoms with van der Waals surface area (Å²) in [6.45, 7) is 1.90. The summed E-state index contributed by atoms with van der Waals surface area (Å²) in [5, 5.41) is 0.621. The van der Waals surface area contributed by atoms with Crippen molar-refractivity contribution in [2.45, 2.75) is 19.3 Å². The highest BCUT2D eigenvalue weighted by Gasteiger charge is 2.35. The lowest BCUT2D eigenvalue weighted by atomic mass is 9.85. The highest BCUT2D eigenvalue weighted by atomic mass is 35.5. The molecule has 1 saturated heterocycles. The summed E-state index contributed by atoms with van der Waals surface area (Å²) in [7, 11) is 0. The molecule has 1 aliphatic heterocycles. The van der Waals surface area contributed by atoms with Crippen LogP contribution in [0.2, 0.25) is 5.02 Å². The Balaban J connectivity index is 1.69. The standard InChI is InChI=1S/C15H17ClN2O2/c16-12-4-6-13(7-5-12)18-9-8-17(14(19)15(18)20)10-11-2-1-3-11/h4-7,11H,1-3,8-10H2. The van der Waals surface area contributed by atoms with E-state index in [1.165, 1.54) is 24.2 Å². The molecule has 0 spiro atoms. The molecule has 2 aliphatic rings. The number of nitrogens with zero attached hydrogens (tertiary/aromatic N) is 2. The molecule has 1 aliphatic carbocycles. The first-order valence-corrected chi connectivity index (χ1v) is 7.39. The molecule has 0 unspecified atom stereocenters. The van der Waals surface area contributed by atoms with Crippen LogP contribution in [0.4, 0.5) is 5.69 Å². The van der Waals surface area contributed by atoms with Crippen LogP contribution in [-0.4, -0.2) is 36.3 Å². The average molecular weight is 293 g/mol. The number of hydrogen-bond donors (Lipinski definition) is 0. The SMILES string of the molecule is O=C1C(=O)N(c2ccc(Cl)cc2)CCN1CC1CCC1. The lowest BCUT2D eigenvalue weighted by molar-refractivity contribution is -0.147. The number of amides is 2. The van der Waals surface area contributed by atoms with Crippen molar-refractivity contribution in [2.75, 3.05) is 24.5 Å². The van der Waals surface area contributed by atoms with E-state index in [0.29, 0.717) is 24.0 Å². The first kappa shape index (κ1) is 13.4. The lowest BCUT2D eigenvalue weighted by Crippen LogP contribution is -2.55. The number of carbonyl (C=O) groups is 2. The van der Waals surface area contributed by atoms with Gasteiger partial charge in [0.1, 0.15) is 0 Å². The fraction of sp³-hybridized carbons (Fsp3) is 0.467. The molecule has 0 atom stereocenters. The average Bonchev–Trinajstić information content (AvgIpc) is 2.40. The van der Waals surface area contributed by atoms with Crippen LogP contribution in [0, 0.1) is 5.92 Å². The van der Waals surface area contributed by atoms with Gasteiger partial charge in [-0.1, -0.05) is 18.0 Å². The second-order valence-electron chi connectivity index (χ2n) is 5.48. The van der Waals surface area contributed by atoms with Crippen LogP contribution >= 0.6 is 11.6 Å². The molecule has 0 aromatic heterocycles. The quantitative estimate of drug-likeness (QED) is 0.802. The number of carbonyl (C=O) groups excluding carboxylic acids is 2. The summed E-state index contributed by atoms with van der Waals surface area (Å²) in [6, 6.07) is 7.01. The summed E-state index contributed by atoms with van der Waals surface area (Å²) in [5.41, 5.74) is 0.732. The predicted octanol–water partition coefficient (Wildman–Crippen LogP) is 2.32. The van der Waals surface area contributed by atoms with Gasteiger partial charge in [0.25, 0.3) is 0 Å². The maximum atomic E-state index is 12.2. The van der Waals surface area contributed by atoms with E-state index >= 15 is 0 Å². The van der Waals surface area contributed by atoms with Gasteiger partial charge in [-0.25, -0.2) is 0 Å².